The van der Waals surface area contributed by atoms with Crippen molar-refractivity contribution in [1.29, 1.82) is 0 Å². The average Bonchev–Trinajstić information content (AvgIpc) is 2.57. The quantitative estimate of drug-likeness (QED) is 0.0966. The second-order valence-corrected chi connectivity index (χ2v) is 5.84. The van der Waals surface area contributed by atoms with E-state index >= 15 is 0 Å². The fourth-order valence-corrected chi connectivity index (χ4v) is 2.35. The molecule has 0 spiro atoms. The molecule has 0 aromatic carbocycles. The van der Waals surface area contributed by atoms with Gasteiger partial charge in [0.05, 0.1) is 0 Å². The molecule has 0 fully saturated rings. The van der Waals surface area contributed by atoms with Crippen molar-refractivity contribution in [2.75, 3.05) is 0 Å². The van der Waals surface area contributed by atoms with Crippen LogP contribution in [0.25, 0.3) is 0 Å². The molecular formula is C18H32O5. The standard InChI is InChI=1S/C18H32O5/c1-2-3-4-5-6-7-8-9-10-11-12-13-14-15-16(19)17(20)18(21)23-22/h14-15,19-20,22H,2-13H2,1H3. The van der Waals surface area contributed by atoms with Gasteiger partial charge in [-0.05, 0) is 18.9 Å². The number of carbonyl (C=O) groups excluding carboxylic acids is 1. The molecule has 0 aliphatic carbocycles. The van der Waals surface area contributed by atoms with E-state index < -0.39 is 17.5 Å². The summed E-state index contributed by atoms with van der Waals surface area (Å²) in [6, 6.07) is 0. The first-order chi connectivity index (χ1) is 11.1. The van der Waals surface area contributed by atoms with Crippen molar-refractivity contribution in [3.05, 3.63) is 23.7 Å². The van der Waals surface area contributed by atoms with Gasteiger partial charge in [0.2, 0.25) is 5.76 Å². The van der Waals surface area contributed by atoms with Crippen LogP contribution in [0, 0.1) is 0 Å². The summed E-state index contributed by atoms with van der Waals surface area (Å²) in [5.74, 6) is -2.98. The topological polar surface area (TPSA) is 87.0 Å². The third-order valence-electron chi connectivity index (χ3n) is 3.77. The summed E-state index contributed by atoms with van der Waals surface area (Å²) in [4.78, 5) is 14.0. The van der Waals surface area contributed by atoms with Gasteiger partial charge >= 0.3 is 5.97 Å². The van der Waals surface area contributed by atoms with Crippen molar-refractivity contribution in [1.82, 2.24) is 0 Å². The van der Waals surface area contributed by atoms with Crippen molar-refractivity contribution >= 4 is 5.97 Å². The molecule has 134 valence electrons. The third kappa shape index (κ3) is 12.7. The van der Waals surface area contributed by atoms with Crippen LogP contribution in [-0.2, 0) is 9.68 Å². The Morgan fingerprint density at radius 3 is 1.83 bits per heavy atom. The van der Waals surface area contributed by atoms with Gasteiger partial charge in [0.1, 0.15) is 0 Å². The molecule has 0 heterocycles. The summed E-state index contributed by atoms with van der Waals surface area (Å²) in [5, 5.41) is 26.5. The highest BCUT2D eigenvalue weighted by atomic mass is 17.1. The number of unbranched alkanes of at least 4 members (excludes halogenated alkanes) is 11. The van der Waals surface area contributed by atoms with Crippen LogP contribution >= 0.6 is 0 Å². The Morgan fingerprint density at radius 2 is 1.35 bits per heavy atom. The lowest BCUT2D eigenvalue weighted by Gasteiger charge is -2.01. The molecule has 0 radical (unpaired) electrons. The van der Waals surface area contributed by atoms with E-state index in [9.17, 15) is 9.90 Å². The number of rotatable bonds is 14. The van der Waals surface area contributed by atoms with Gasteiger partial charge < -0.3 is 10.2 Å². The van der Waals surface area contributed by atoms with Crippen LogP contribution in [0.5, 0.6) is 0 Å². The number of aliphatic hydroxyl groups is 2. The van der Waals surface area contributed by atoms with Crippen LogP contribution < -0.4 is 0 Å². The summed E-state index contributed by atoms with van der Waals surface area (Å²) in [6.45, 7) is 2.23. The lowest BCUT2D eigenvalue weighted by atomic mass is 10.1. The zero-order chi connectivity index (χ0) is 17.3. The number of aliphatic hydroxyl groups excluding tert-OH is 2. The van der Waals surface area contributed by atoms with E-state index in [4.69, 9.17) is 10.4 Å². The Bertz CT molecular complexity index is 360. The molecule has 0 aliphatic rings. The van der Waals surface area contributed by atoms with E-state index in [-0.39, 0.29) is 0 Å². The van der Waals surface area contributed by atoms with E-state index in [1.54, 1.807) is 6.08 Å². The van der Waals surface area contributed by atoms with Crippen molar-refractivity contribution in [3.8, 4) is 0 Å². The molecule has 23 heavy (non-hydrogen) atoms. The van der Waals surface area contributed by atoms with E-state index in [1.807, 2.05) is 0 Å². The molecule has 5 heteroatoms. The minimum Gasteiger partial charge on any atom is -0.504 e. The molecule has 0 aromatic rings. The predicted octanol–water partition coefficient (Wildman–Crippen LogP) is 5.59. The van der Waals surface area contributed by atoms with Crippen LogP contribution in [0.15, 0.2) is 23.7 Å². The van der Waals surface area contributed by atoms with E-state index in [0.29, 0.717) is 0 Å². The van der Waals surface area contributed by atoms with Gasteiger partial charge in [0, 0.05) is 0 Å². The van der Waals surface area contributed by atoms with Crippen molar-refractivity contribution in [2.45, 2.75) is 84.0 Å². The van der Waals surface area contributed by atoms with Crippen molar-refractivity contribution in [3.63, 3.8) is 0 Å². The summed E-state index contributed by atoms with van der Waals surface area (Å²) >= 11 is 0. The Balaban J connectivity index is 3.49. The Kier molecular flexibility index (Phi) is 14.4. The molecule has 5 nitrogen and oxygen atoms in total. The molecule has 0 bridgehead atoms. The molecule has 3 N–H and O–H groups in total. The predicted molar refractivity (Wildman–Crippen MR) is 91.2 cm³/mol. The first kappa shape index (κ1) is 21.5. The van der Waals surface area contributed by atoms with Crippen LogP contribution in [0.3, 0.4) is 0 Å². The molecule has 0 saturated heterocycles. The van der Waals surface area contributed by atoms with Crippen molar-refractivity contribution in [2.24, 2.45) is 0 Å². The summed E-state index contributed by atoms with van der Waals surface area (Å²) in [6.07, 6.45) is 17.7. The molecule has 0 aromatic heterocycles. The smallest absolute Gasteiger partial charge is 0.410 e. The van der Waals surface area contributed by atoms with Crippen LogP contribution in [0.1, 0.15) is 84.0 Å². The lowest BCUT2D eigenvalue weighted by Crippen LogP contribution is -2.06. The summed E-state index contributed by atoms with van der Waals surface area (Å²) in [5.41, 5.74) is 0. The first-order valence-corrected chi connectivity index (χ1v) is 8.78. The Labute approximate surface area is 139 Å². The van der Waals surface area contributed by atoms with Crippen LogP contribution in [0.4, 0.5) is 0 Å². The molecule has 0 amide bonds. The molecule has 0 saturated carbocycles. The van der Waals surface area contributed by atoms with E-state index in [2.05, 4.69) is 11.8 Å². The highest BCUT2D eigenvalue weighted by Gasteiger charge is 2.13. The van der Waals surface area contributed by atoms with Gasteiger partial charge in [-0.1, -0.05) is 77.2 Å². The maximum absolute atomic E-state index is 10.7. The van der Waals surface area contributed by atoms with Gasteiger partial charge in [-0.2, -0.15) is 5.26 Å². The largest absolute Gasteiger partial charge is 0.504 e. The maximum atomic E-state index is 10.7. The Morgan fingerprint density at radius 1 is 0.870 bits per heavy atom. The van der Waals surface area contributed by atoms with Gasteiger partial charge in [-0.25, -0.2) is 4.79 Å². The zero-order valence-corrected chi connectivity index (χ0v) is 14.3. The van der Waals surface area contributed by atoms with Gasteiger partial charge in [0.15, 0.2) is 5.76 Å². The molecule has 0 unspecified atom stereocenters. The second-order valence-electron chi connectivity index (χ2n) is 5.84. The number of allylic oxidation sites excluding steroid dienone is 2. The third-order valence-corrected chi connectivity index (χ3v) is 3.77. The van der Waals surface area contributed by atoms with Crippen molar-refractivity contribution < 1.29 is 25.2 Å². The molecule has 0 rings (SSSR count). The fraction of sp³-hybridized carbons (Fsp3) is 0.722. The minimum atomic E-state index is -1.37. The zero-order valence-electron chi connectivity index (χ0n) is 14.3. The van der Waals surface area contributed by atoms with Crippen LogP contribution in [0.2, 0.25) is 0 Å². The monoisotopic (exact) mass is 328 g/mol. The summed E-state index contributed by atoms with van der Waals surface area (Å²) < 4.78 is 0. The summed E-state index contributed by atoms with van der Waals surface area (Å²) in [7, 11) is 0. The van der Waals surface area contributed by atoms with Gasteiger partial charge in [-0.15, -0.1) is 0 Å². The van der Waals surface area contributed by atoms with Crippen LogP contribution in [-0.4, -0.2) is 21.4 Å². The normalized spacial score (nSPS) is 12.4. The number of hydrogen-bond acceptors (Lipinski definition) is 5. The lowest BCUT2D eigenvalue weighted by molar-refractivity contribution is -0.232. The molecule has 0 aliphatic heterocycles. The number of carbonyl (C=O) groups is 1. The van der Waals surface area contributed by atoms with E-state index in [1.165, 1.54) is 63.9 Å². The highest BCUT2D eigenvalue weighted by Crippen LogP contribution is 2.12. The van der Waals surface area contributed by atoms with Gasteiger partial charge in [-0.3, -0.25) is 4.89 Å². The molecule has 0 atom stereocenters. The van der Waals surface area contributed by atoms with E-state index in [0.717, 1.165) is 19.3 Å². The average molecular weight is 328 g/mol. The molecular weight excluding hydrogens is 296 g/mol. The second kappa shape index (κ2) is 15.4. The van der Waals surface area contributed by atoms with Gasteiger partial charge in [0.25, 0.3) is 0 Å². The fourth-order valence-electron chi connectivity index (χ4n) is 2.35. The Hall–Kier alpha value is -1.49. The highest BCUT2D eigenvalue weighted by molar-refractivity contribution is 5.86. The SMILES string of the molecule is CCCCCCCCCCCCCC=CC(O)=C(O)C(=O)OO. The maximum Gasteiger partial charge on any atom is 0.410 e. The number of hydrogen-bond donors (Lipinski definition) is 3. The minimum absolute atomic E-state index is 0.605. The first-order valence-electron chi connectivity index (χ1n) is 8.78.